The van der Waals surface area contributed by atoms with E-state index in [1.54, 1.807) is 6.07 Å². The van der Waals surface area contributed by atoms with Crippen LogP contribution in [0.15, 0.2) is 24.3 Å². The highest BCUT2D eigenvalue weighted by Gasteiger charge is 2.04. The lowest BCUT2D eigenvalue weighted by molar-refractivity contribution is 0.0940. The van der Waals surface area contributed by atoms with Gasteiger partial charge in [-0.15, -0.1) is 11.6 Å². The summed E-state index contributed by atoms with van der Waals surface area (Å²) < 4.78 is 5.43. The molecular formula is C15H22ClNO2. The fourth-order valence-corrected chi connectivity index (χ4v) is 1.79. The summed E-state index contributed by atoms with van der Waals surface area (Å²) >= 11 is 5.74. The fourth-order valence-electron chi connectivity index (χ4n) is 1.62. The number of rotatable bonds is 9. The number of halogens is 1. The standard InChI is InChI=1S/C15H22ClNO2/c1-2-3-9-19-10-5-8-17-15(18)14-7-4-6-13(11-14)12-16/h4,6-7,11H,2-3,5,8-10,12H2,1H3,(H,17,18). The van der Waals surface area contributed by atoms with Crippen molar-refractivity contribution < 1.29 is 9.53 Å². The molecule has 106 valence electrons. The Morgan fingerprint density at radius 2 is 2.11 bits per heavy atom. The molecule has 1 N–H and O–H groups in total. The van der Waals surface area contributed by atoms with Crippen LogP contribution >= 0.6 is 11.6 Å². The Kier molecular flexibility index (Phi) is 8.26. The van der Waals surface area contributed by atoms with Crippen LogP contribution in [-0.4, -0.2) is 25.7 Å². The van der Waals surface area contributed by atoms with Crippen LogP contribution < -0.4 is 5.32 Å². The van der Waals surface area contributed by atoms with E-state index in [1.165, 1.54) is 0 Å². The molecule has 0 fully saturated rings. The molecule has 0 heterocycles. The normalized spacial score (nSPS) is 10.4. The number of ether oxygens (including phenoxy) is 1. The van der Waals surface area contributed by atoms with Crippen molar-refractivity contribution in [1.29, 1.82) is 0 Å². The zero-order valence-electron chi connectivity index (χ0n) is 11.5. The molecule has 0 aromatic heterocycles. The maximum absolute atomic E-state index is 11.9. The second-order valence-corrected chi connectivity index (χ2v) is 4.68. The van der Waals surface area contributed by atoms with Crippen LogP contribution in [0.25, 0.3) is 0 Å². The third kappa shape index (κ3) is 6.60. The van der Waals surface area contributed by atoms with Crippen molar-refractivity contribution in [2.24, 2.45) is 0 Å². The summed E-state index contributed by atoms with van der Waals surface area (Å²) in [7, 11) is 0. The van der Waals surface area contributed by atoms with Crippen LogP contribution in [0.4, 0.5) is 0 Å². The summed E-state index contributed by atoms with van der Waals surface area (Å²) in [5.41, 5.74) is 1.61. The van der Waals surface area contributed by atoms with Crippen molar-refractivity contribution in [3.8, 4) is 0 Å². The number of carbonyl (C=O) groups is 1. The number of hydrogen-bond donors (Lipinski definition) is 1. The Bertz CT molecular complexity index is 382. The molecule has 1 aromatic rings. The minimum absolute atomic E-state index is 0.0551. The van der Waals surface area contributed by atoms with Gasteiger partial charge in [-0.1, -0.05) is 25.5 Å². The Hall–Kier alpha value is -1.06. The average molecular weight is 284 g/mol. The Balaban J connectivity index is 2.20. The SMILES string of the molecule is CCCCOCCCNC(=O)c1cccc(CCl)c1. The van der Waals surface area contributed by atoms with Gasteiger partial charge < -0.3 is 10.1 Å². The van der Waals surface area contributed by atoms with Crippen LogP contribution in [0.3, 0.4) is 0 Å². The van der Waals surface area contributed by atoms with Gasteiger partial charge in [-0.25, -0.2) is 0 Å². The highest BCUT2D eigenvalue weighted by Crippen LogP contribution is 2.07. The van der Waals surface area contributed by atoms with Gasteiger partial charge in [-0.3, -0.25) is 4.79 Å². The van der Waals surface area contributed by atoms with E-state index in [1.807, 2.05) is 18.2 Å². The molecule has 0 unspecified atom stereocenters. The number of unbranched alkanes of at least 4 members (excludes halogenated alkanes) is 1. The first-order valence-corrected chi connectivity index (χ1v) is 7.32. The van der Waals surface area contributed by atoms with Gasteiger partial charge in [0.15, 0.2) is 0 Å². The third-order valence-electron chi connectivity index (χ3n) is 2.74. The summed E-state index contributed by atoms with van der Waals surface area (Å²) in [6.07, 6.45) is 3.08. The van der Waals surface area contributed by atoms with E-state index < -0.39 is 0 Å². The van der Waals surface area contributed by atoms with Crippen molar-refractivity contribution in [1.82, 2.24) is 5.32 Å². The van der Waals surface area contributed by atoms with E-state index in [0.29, 0.717) is 24.6 Å². The number of carbonyl (C=O) groups excluding carboxylic acids is 1. The Morgan fingerprint density at radius 1 is 1.32 bits per heavy atom. The fraction of sp³-hybridized carbons (Fsp3) is 0.533. The van der Waals surface area contributed by atoms with Crippen LogP contribution in [0.5, 0.6) is 0 Å². The lowest BCUT2D eigenvalue weighted by Crippen LogP contribution is -2.25. The molecule has 3 nitrogen and oxygen atoms in total. The predicted molar refractivity (Wildman–Crippen MR) is 78.7 cm³/mol. The summed E-state index contributed by atoms with van der Waals surface area (Å²) in [6.45, 7) is 4.28. The zero-order valence-corrected chi connectivity index (χ0v) is 12.2. The van der Waals surface area contributed by atoms with E-state index >= 15 is 0 Å². The molecule has 0 spiro atoms. The van der Waals surface area contributed by atoms with Crippen molar-refractivity contribution >= 4 is 17.5 Å². The van der Waals surface area contributed by atoms with Crippen LogP contribution in [0.1, 0.15) is 42.1 Å². The van der Waals surface area contributed by atoms with Crippen molar-refractivity contribution in [2.45, 2.75) is 32.1 Å². The van der Waals surface area contributed by atoms with Crippen LogP contribution in [0.2, 0.25) is 0 Å². The molecule has 4 heteroatoms. The molecule has 1 amide bonds. The van der Waals surface area contributed by atoms with Gasteiger partial charge in [0, 0.05) is 31.2 Å². The molecule has 0 saturated heterocycles. The smallest absolute Gasteiger partial charge is 0.251 e. The Morgan fingerprint density at radius 3 is 2.84 bits per heavy atom. The predicted octanol–water partition coefficient (Wildman–Crippen LogP) is 3.36. The minimum Gasteiger partial charge on any atom is -0.381 e. The molecule has 0 radical (unpaired) electrons. The van der Waals surface area contributed by atoms with Crippen molar-refractivity contribution in [3.63, 3.8) is 0 Å². The van der Waals surface area contributed by atoms with E-state index in [0.717, 1.165) is 31.4 Å². The monoisotopic (exact) mass is 283 g/mol. The van der Waals surface area contributed by atoms with E-state index in [4.69, 9.17) is 16.3 Å². The maximum atomic E-state index is 11.9. The van der Waals surface area contributed by atoms with Gasteiger partial charge in [-0.2, -0.15) is 0 Å². The van der Waals surface area contributed by atoms with E-state index in [-0.39, 0.29) is 5.91 Å². The first-order valence-electron chi connectivity index (χ1n) is 6.78. The molecule has 0 saturated carbocycles. The molecule has 0 aliphatic heterocycles. The van der Waals surface area contributed by atoms with Crippen LogP contribution in [0, 0.1) is 0 Å². The molecule has 0 aliphatic rings. The molecular weight excluding hydrogens is 262 g/mol. The Labute approximate surface area is 120 Å². The lowest BCUT2D eigenvalue weighted by Gasteiger charge is -2.07. The highest BCUT2D eigenvalue weighted by molar-refractivity contribution is 6.17. The van der Waals surface area contributed by atoms with E-state index in [9.17, 15) is 4.79 Å². The van der Waals surface area contributed by atoms with E-state index in [2.05, 4.69) is 12.2 Å². The summed E-state index contributed by atoms with van der Waals surface area (Å²) in [6, 6.07) is 7.37. The van der Waals surface area contributed by atoms with Gasteiger partial charge in [0.05, 0.1) is 0 Å². The minimum atomic E-state index is -0.0551. The summed E-state index contributed by atoms with van der Waals surface area (Å²) in [5.74, 6) is 0.368. The molecule has 1 rings (SSSR count). The number of hydrogen-bond acceptors (Lipinski definition) is 2. The average Bonchev–Trinajstić information content (AvgIpc) is 2.46. The molecule has 1 aromatic carbocycles. The summed E-state index contributed by atoms with van der Waals surface area (Å²) in [5, 5.41) is 2.88. The number of alkyl halides is 1. The van der Waals surface area contributed by atoms with Gasteiger partial charge in [0.1, 0.15) is 0 Å². The topological polar surface area (TPSA) is 38.3 Å². The zero-order chi connectivity index (χ0) is 13.9. The molecule has 0 atom stereocenters. The molecule has 0 aliphatic carbocycles. The van der Waals surface area contributed by atoms with Crippen molar-refractivity contribution in [2.75, 3.05) is 19.8 Å². The van der Waals surface area contributed by atoms with Crippen LogP contribution in [-0.2, 0) is 10.6 Å². The van der Waals surface area contributed by atoms with Gasteiger partial charge >= 0.3 is 0 Å². The van der Waals surface area contributed by atoms with Gasteiger partial charge in [0.25, 0.3) is 5.91 Å². The first-order chi connectivity index (χ1) is 9.27. The number of amides is 1. The lowest BCUT2D eigenvalue weighted by atomic mass is 10.1. The maximum Gasteiger partial charge on any atom is 0.251 e. The summed E-state index contributed by atoms with van der Waals surface area (Å²) in [4.78, 5) is 11.9. The third-order valence-corrected chi connectivity index (χ3v) is 3.05. The molecule has 0 bridgehead atoms. The largest absolute Gasteiger partial charge is 0.381 e. The van der Waals surface area contributed by atoms with Gasteiger partial charge in [0.2, 0.25) is 0 Å². The number of nitrogens with one attached hydrogen (secondary N) is 1. The van der Waals surface area contributed by atoms with Gasteiger partial charge in [-0.05, 0) is 30.5 Å². The molecule has 19 heavy (non-hydrogen) atoms. The number of benzene rings is 1. The van der Waals surface area contributed by atoms with Crippen molar-refractivity contribution in [3.05, 3.63) is 35.4 Å². The highest BCUT2D eigenvalue weighted by atomic mass is 35.5. The quantitative estimate of drug-likeness (QED) is 0.557. The second kappa shape index (κ2) is 9.82. The first kappa shape index (κ1) is 16.0. The second-order valence-electron chi connectivity index (χ2n) is 4.41.